The molecule has 146 valence electrons. The van der Waals surface area contributed by atoms with E-state index in [0.717, 1.165) is 56.4 Å². The Labute approximate surface area is 165 Å². The number of furan rings is 1. The van der Waals surface area contributed by atoms with Gasteiger partial charge in [-0.1, -0.05) is 30.3 Å². The molecule has 1 fully saturated rings. The van der Waals surface area contributed by atoms with Gasteiger partial charge in [-0.3, -0.25) is 9.69 Å². The minimum atomic E-state index is 0.0787. The van der Waals surface area contributed by atoms with Crippen molar-refractivity contribution in [3.8, 4) is 11.4 Å². The van der Waals surface area contributed by atoms with Crippen LogP contribution < -0.4 is 0 Å². The molecule has 0 N–H and O–H groups in total. The first-order valence-electron chi connectivity index (χ1n) is 9.77. The number of piperazine rings is 1. The topological polar surface area (TPSA) is 54.5 Å². The monoisotopic (exact) mass is 378 g/mol. The van der Waals surface area contributed by atoms with Crippen LogP contribution in [0.25, 0.3) is 11.4 Å². The van der Waals surface area contributed by atoms with Crippen molar-refractivity contribution in [1.82, 2.24) is 19.4 Å². The molecule has 6 heteroatoms. The second-order valence-electron chi connectivity index (χ2n) is 7.27. The van der Waals surface area contributed by atoms with Crippen LogP contribution >= 0.6 is 0 Å². The molecule has 0 radical (unpaired) electrons. The Morgan fingerprint density at radius 1 is 1.07 bits per heavy atom. The summed E-state index contributed by atoms with van der Waals surface area (Å²) >= 11 is 0. The van der Waals surface area contributed by atoms with Crippen LogP contribution in [0, 0.1) is 13.8 Å². The molecule has 1 amide bonds. The largest absolute Gasteiger partial charge is 0.466 e. The van der Waals surface area contributed by atoms with Crippen LogP contribution in [0.5, 0.6) is 0 Å². The van der Waals surface area contributed by atoms with E-state index in [4.69, 9.17) is 4.42 Å². The van der Waals surface area contributed by atoms with Crippen molar-refractivity contribution in [3.63, 3.8) is 0 Å². The van der Waals surface area contributed by atoms with E-state index in [1.807, 2.05) is 55.4 Å². The minimum Gasteiger partial charge on any atom is -0.466 e. The first kappa shape index (κ1) is 18.5. The van der Waals surface area contributed by atoms with Gasteiger partial charge in [0, 0.05) is 57.2 Å². The first-order chi connectivity index (χ1) is 13.6. The van der Waals surface area contributed by atoms with Crippen molar-refractivity contribution in [2.24, 2.45) is 0 Å². The number of aryl methyl sites for hydroxylation is 2. The maximum atomic E-state index is 12.7. The molecule has 0 bridgehead atoms. The molecule has 3 aromatic rings. The second-order valence-corrected chi connectivity index (χ2v) is 7.27. The van der Waals surface area contributed by atoms with Crippen LogP contribution in [0.15, 0.2) is 53.2 Å². The summed E-state index contributed by atoms with van der Waals surface area (Å²) in [7, 11) is 0. The van der Waals surface area contributed by atoms with Gasteiger partial charge >= 0.3 is 0 Å². The Morgan fingerprint density at radius 2 is 1.82 bits per heavy atom. The lowest BCUT2D eigenvalue weighted by molar-refractivity contribution is 0.0631. The predicted molar refractivity (Wildman–Crippen MR) is 108 cm³/mol. The van der Waals surface area contributed by atoms with E-state index >= 15 is 0 Å². The van der Waals surface area contributed by atoms with Crippen molar-refractivity contribution in [3.05, 3.63) is 65.9 Å². The average Bonchev–Trinajstić information content (AvgIpc) is 3.32. The lowest BCUT2D eigenvalue weighted by Gasteiger charge is -2.34. The minimum absolute atomic E-state index is 0.0787. The van der Waals surface area contributed by atoms with Gasteiger partial charge in [-0.05, 0) is 19.9 Å². The summed E-state index contributed by atoms with van der Waals surface area (Å²) in [5, 5.41) is 0. The molecule has 0 unspecified atom stereocenters. The SMILES string of the molecule is Cc1cc(C(=O)N2CCN(CCn3ccnc3-c3ccccc3)CC2)c(C)o1. The van der Waals surface area contributed by atoms with Gasteiger partial charge < -0.3 is 13.9 Å². The van der Waals surface area contributed by atoms with Crippen LogP contribution in [-0.2, 0) is 6.54 Å². The Morgan fingerprint density at radius 3 is 2.50 bits per heavy atom. The number of carbonyl (C=O) groups is 1. The molecule has 0 atom stereocenters. The highest BCUT2D eigenvalue weighted by Crippen LogP contribution is 2.18. The standard InChI is InChI=1S/C22H26N4O2/c1-17-16-20(18(2)28-17)22(27)26-14-11-24(12-15-26)10-13-25-9-8-23-21(25)19-6-4-3-5-7-19/h3-9,16H,10-15H2,1-2H3. The van der Waals surface area contributed by atoms with E-state index in [1.54, 1.807) is 0 Å². The maximum Gasteiger partial charge on any atom is 0.257 e. The van der Waals surface area contributed by atoms with E-state index < -0.39 is 0 Å². The third kappa shape index (κ3) is 3.87. The van der Waals surface area contributed by atoms with Gasteiger partial charge in [-0.15, -0.1) is 0 Å². The fraction of sp³-hybridized carbons (Fsp3) is 0.364. The number of nitrogens with zero attached hydrogens (tertiary/aromatic N) is 4. The number of benzene rings is 1. The number of aromatic nitrogens is 2. The zero-order chi connectivity index (χ0) is 19.5. The molecule has 6 nitrogen and oxygen atoms in total. The number of carbonyl (C=O) groups excluding carboxylic acids is 1. The molecule has 3 heterocycles. The van der Waals surface area contributed by atoms with Gasteiger partial charge in [0.05, 0.1) is 5.56 Å². The van der Waals surface area contributed by atoms with E-state index in [9.17, 15) is 4.79 Å². The summed E-state index contributed by atoms with van der Waals surface area (Å²) in [5.74, 6) is 2.57. The predicted octanol–water partition coefficient (Wildman–Crippen LogP) is 3.22. The third-order valence-corrected chi connectivity index (χ3v) is 5.34. The normalized spacial score (nSPS) is 15.1. The van der Waals surface area contributed by atoms with Crippen LogP contribution in [0.2, 0.25) is 0 Å². The molecular weight excluding hydrogens is 352 g/mol. The van der Waals surface area contributed by atoms with E-state index in [2.05, 4.69) is 26.6 Å². The Hall–Kier alpha value is -2.86. The zero-order valence-electron chi connectivity index (χ0n) is 16.5. The van der Waals surface area contributed by atoms with Gasteiger partial charge in [0.2, 0.25) is 0 Å². The summed E-state index contributed by atoms with van der Waals surface area (Å²) in [6.45, 7) is 8.83. The van der Waals surface area contributed by atoms with Gasteiger partial charge in [-0.2, -0.15) is 0 Å². The van der Waals surface area contributed by atoms with Crippen molar-refractivity contribution < 1.29 is 9.21 Å². The van der Waals surface area contributed by atoms with Gasteiger partial charge in [-0.25, -0.2) is 4.98 Å². The molecule has 28 heavy (non-hydrogen) atoms. The fourth-order valence-corrected chi connectivity index (χ4v) is 3.77. The summed E-state index contributed by atoms with van der Waals surface area (Å²) in [6, 6.07) is 12.1. The molecule has 0 aliphatic carbocycles. The Balaban J connectivity index is 1.32. The molecule has 0 spiro atoms. The van der Waals surface area contributed by atoms with Gasteiger partial charge in [0.1, 0.15) is 17.3 Å². The molecule has 1 saturated heterocycles. The van der Waals surface area contributed by atoms with Crippen LogP contribution in [-0.4, -0.2) is 58.0 Å². The third-order valence-electron chi connectivity index (χ3n) is 5.34. The Bertz CT molecular complexity index is 937. The molecule has 1 aromatic carbocycles. The molecule has 4 rings (SSSR count). The average molecular weight is 378 g/mol. The zero-order valence-corrected chi connectivity index (χ0v) is 16.5. The molecular formula is C22H26N4O2. The van der Waals surface area contributed by atoms with E-state index in [0.29, 0.717) is 11.3 Å². The van der Waals surface area contributed by atoms with Crippen molar-refractivity contribution in [2.75, 3.05) is 32.7 Å². The number of amides is 1. The molecule has 1 aliphatic heterocycles. The highest BCUT2D eigenvalue weighted by molar-refractivity contribution is 5.95. The molecule has 2 aromatic heterocycles. The van der Waals surface area contributed by atoms with E-state index in [1.165, 1.54) is 0 Å². The first-order valence-corrected chi connectivity index (χ1v) is 9.77. The summed E-state index contributed by atoms with van der Waals surface area (Å²) in [4.78, 5) is 21.6. The summed E-state index contributed by atoms with van der Waals surface area (Å²) in [5.41, 5.74) is 1.82. The Kier molecular flexibility index (Phi) is 5.30. The maximum absolute atomic E-state index is 12.7. The highest BCUT2D eigenvalue weighted by Gasteiger charge is 2.24. The molecule has 1 aliphatic rings. The van der Waals surface area contributed by atoms with Crippen molar-refractivity contribution >= 4 is 5.91 Å². The van der Waals surface area contributed by atoms with E-state index in [-0.39, 0.29) is 5.91 Å². The number of imidazole rings is 1. The van der Waals surface area contributed by atoms with Gasteiger partial charge in [0.25, 0.3) is 5.91 Å². The highest BCUT2D eigenvalue weighted by atomic mass is 16.3. The van der Waals surface area contributed by atoms with Crippen LogP contribution in [0.3, 0.4) is 0 Å². The molecule has 0 saturated carbocycles. The number of hydrogen-bond donors (Lipinski definition) is 0. The van der Waals surface area contributed by atoms with Crippen molar-refractivity contribution in [1.29, 1.82) is 0 Å². The van der Waals surface area contributed by atoms with Crippen molar-refractivity contribution in [2.45, 2.75) is 20.4 Å². The number of rotatable bonds is 5. The van der Waals surface area contributed by atoms with Crippen LogP contribution in [0.1, 0.15) is 21.9 Å². The quantitative estimate of drug-likeness (QED) is 0.684. The second kappa shape index (κ2) is 8.02. The lowest BCUT2D eigenvalue weighted by Crippen LogP contribution is -2.49. The number of hydrogen-bond acceptors (Lipinski definition) is 4. The summed E-state index contributed by atoms with van der Waals surface area (Å²) < 4.78 is 7.71. The smallest absolute Gasteiger partial charge is 0.257 e. The van der Waals surface area contributed by atoms with Crippen LogP contribution in [0.4, 0.5) is 0 Å². The van der Waals surface area contributed by atoms with Gasteiger partial charge in [0.15, 0.2) is 0 Å². The summed E-state index contributed by atoms with van der Waals surface area (Å²) in [6.07, 6.45) is 3.89. The fourth-order valence-electron chi connectivity index (χ4n) is 3.77. The lowest BCUT2D eigenvalue weighted by atomic mass is 10.2.